The van der Waals surface area contributed by atoms with Gasteiger partial charge in [-0.15, -0.1) is 0 Å². The van der Waals surface area contributed by atoms with Gasteiger partial charge in [-0.3, -0.25) is 14.4 Å². The summed E-state index contributed by atoms with van der Waals surface area (Å²) in [5.41, 5.74) is -0.458. The van der Waals surface area contributed by atoms with Crippen LogP contribution in [-0.4, -0.2) is 69.5 Å². The van der Waals surface area contributed by atoms with Crippen LogP contribution < -0.4 is 10.6 Å². The second-order valence-electron chi connectivity index (χ2n) is 8.44. The molecular weight excluding hydrogens is 454 g/mol. The Hall–Kier alpha value is -1.97. The van der Waals surface area contributed by atoms with E-state index in [0.717, 1.165) is 0 Å². The number of amides is 3. The number of likely N-dealkylation sites (tertiary alicyclic amines) is 1. The molecule has 3 fully saturated rings. The highest BCUT2D eigenvalue weighted by Crippen LogP contribution is 2.60. The maximum atomic E-state index is 13.4. The minimum absolute atomic E-state index is 0.0151. The third kappa shape index (κ3) is 3.23. The van der Waals surface area contributed by atoms with Gasteiger partial charge >= 0.3 is 0 Å². The van der Waals surface area contributed by atoms with E-state index in [4.69, 9.17) is 4.74 Å². The lowest BCUT2D eigenvalue weighted by atomic mass is 9.70. The van der Waals surface area contributed by atoms with Crippen LogP contribution in [0.5, 0.6) is 0 Å². The monoisotopic (exact) mass is 479 g/mol. The number of fused-ring (bicyclic) bond motifs is 1. The number of aliphatic hydroxyl groups is 1. The Morgan fingerprint density at radius 1 is 1.30 bits per heavy atom. The molecule has 3 amide bonds. The van der Waals surface area contributed by atoms with E-state index >= 15 is 0 Å². The molecular formula is C21H26BrN3O5. The van der Waals surface area contributed by atoms with E-state index in [2.05, 4.69) is 26.6 Å². The number of carbonyl (C=O) groups excluding carboxylic acids is 3. The SMILES string of the molecule is CC(C)NC(=O)C1N(CCO)C(=O)[C@@H]2[C@@H](C(=O)Nc3ccccc3)[C@@H]3OC12CC3Br. The van der Waals surface area contributed by atoms with Crippen LogP contribution >= 0.6 is 15.9 Å². The van der Waals surface area contributed by atoms with Gasteiger partial charge in [-0.25, -0.2) is 0 Å². The summed E-state index contributed by atoms with van der Waals surface area (Å²) in [6.07, 6.45) is -0.0605. The van der Waals surface area contributed by atoms with Crippen LogP contribution in [0.3, 0.4) is 0 Å². The second kappa shape index (κ2) is 7.94. The van der Waals surface area contributed by atoms with Gasteiger partial charge in [-0.2, -0.15) is 0 Å². The molecule has 1 aromatic rings. The summed E-state index contributed by atoms with van der Waals surface area (Å²) >= 11 is 3.61. The number of alkyl halides is 1. The van der Waals surface area contributed by atoms with Crippen molar-refractivity contribution in [2.45, 2.75) is 48.9 Å². The van der Waals surface area contributed by atoms with Crippen LogP contribution in [0.4, 0.5) is 5.69 Å². The molecule has 8 nitrogen and oxygen atoms in total. The number of hydrogen-bond donors (Lipinski definition) is 3. The van der Waals surface area contributed by atoms with E-state index in [0.29, 0.717) is 12.1 Å². The Morgan fingerprint density at radius 3 is 2.63 bits per heavy atom. The number of rotatable bonds is 6. The number of nitrogens with zero attached hydrogens (tertiary/aromatic N) is 1. The molecule has 0 aliphatic carbocycles. The fraction of sp³-hybridized carbons (Fsp3) is 0.571. The van der Waals surface area contributed by atoms with Crippen LogP contribution in [0.15, 0.2) is 30.3 Å². The first-order valence-corrected chi connectivity index (χ1v) is 11.1. The molecule has 30 heavy (non-hydrogen) atoms. The molecule has 2 bridgehead atoms. The zero-order valence-electron chi connectivity index (χ0n) is 16.9. The normalized spacial score (nSPS) is 34.4. The van der Waals surface area contributed by atoms with E-state index < -0.39 is 29.6 Å². The molecule has 9 heteroatoms. The van der Waals surface area contributed by atoms with Gasteiger partial charge in [-0.1, -0.05) is 34.1 Å². The molecule has 3 N–H and O–H groups in total. The number of halogens is 1. The van der Waals surface area contributed by atoms with Gasteiger partial charge in [0, 0.05) is 23.1 Å². The summed E-state index contributed by atoms with van der Waals surface area (Å²) in [5, 5.41) is 15.3. The second-order valence-corrected chi connectivity index (χ2v) is 9.61. The highest BCUT2D eigenvalue weighted by atomic mass is 79.9. The van der Waals surface area contributed by atoms with Crippen molar-refractivity contribution in [2.75, 3.05) is 18.5 Å². The number of carbonyl (C=O) groups is 3. The van der Waals surface area contributed by atoms with Gasteiger partial charge in [0.15, 0.2) is 0 Å². The van der Waals surface area contributed by atoms with Gasteiger partial charge in [0.2, 0.25) is 17.7 Å². The minimum atomic E-state index is -1.09. The lowest BCUT2D eigenvalue weighted by molar-refractivity contribution is -0.142. The summed E-state index contributed by atoms with van der Waals surface area (Å²) in [5.74, 6) is -2.44. The third-order valence-electron chi connectivity index (χ3n) is 6.15. The number of nitrogens with one attached hydrogen (secondary N) is 2. The molecule has 1 aromatic carbocycles. The standard InChI is InChI=1S/C21H26BrN3O5/c1-11(2)23-19(28)17-21-10-13(22)16(30-21)14(15(21)20(29)25(17)8-9-26)18(27)24-12-6-4-3-5-7-12/h3-7,11,13-17,26H,8-10H2,1-2H3,(H,23,28)(H,24,27)/t13?,14-,15+,16-,17?,21?/m1/s1. The van der Waals surface area contributed by atoms with Gasteiger partial charge < -0.3 is 25.4 Å². The average Bonchev–Trinajstić information content (AvgIpc) is 3.26. The first-order valence-electron chi connectivity index (χ1n) is 10.2. The van der Waals surface area contributed by atoms with E-state index in [-0.39, 0.29) is 41.7 Å². The molecule has 3 heterocycles. The Balaban J connectivity index is 1.69. The van der Waals surface area contributed by atoms with Gasteiger partial charge in [-0.05, 0) is 32.4 Å². The van der Waals surface area contributed by atoms with Crippen molar-refractivity contribution in [2.24, 2.45) is 11.8 Å². The fourth-order valence-electron chi connectivity index (χ4n) is 5.19. The Labute approximate surface area is 183 Å². The van der Waals surface area contributed by atoms with Crippen LogP contribution in [0.1, 0.15) is 20.3 Å². The number of β-amino-alcohol motifs (C(OH)–C–C–N with tert-alkyl or cyclic N) is 1. The maximum absolute atomic E-state index is 13.4. The molecule has 162 valence electrons. The molecule has 0 radical (unpaired) electrons. The van der Waals surface area contributed by atoms with Gasteiger partial charge in [0.1, 0.15) is 11.6 Å². The van der Waals surface area contributed by atoms with Gasteiger partial charge in [0.25, 0.3) is 0 Å². The lowest BCUT2D eigenvalue weighted by Crippen LogP contribution is -2.57. The van der Waals surface area contributed by atoms with Crippen molar-refractivity contribution in [3.8, 4) is 0 Å². The van der Waals surface area contributed by atoms with E-state index in [1.807, 2.05) is 32.0 Å². The van der Waals surface area contributed by atoms with Crippen LogP contribution in [0.25, 0.3) is 0 Å². The Bertz CT molecular complexity index is 850. The number of aliphatic hydroxyl groups excluding tert-OH is 1. The maximum Gasteiger partial charge on any atom is 0.246 e. The molecule has 3 aliphatic rings. The summed E-state index contributed by atoms with van der Waals surface area (Å²) < 4.78 is 6.32. The van der Waals surface area contributed by atoms with E-state index in [1.54, 1.807) is 12.1 Å². The smallest absolute Gasteiger partial charge is 0.246 e. The van der Waals surface area contributed by atoms with Crippen LogP contribution in [-0.2, 0) is 19.1 Å². The summed E-state index contributed by atoms with van der Waals surface area (Å²) in [6.45, 7) is 3.43. The molecule has 3 unspecified atom stereocenters. The predicted molar refractivity (Wildman–Crippen MR) is 113 cm³/mol. The zero-order chi connectivity index (χ0) is 21.6. The molecule has 3 saturated heterocycles. The van der Waals surface area contributed by atoms with Crippen molar-refractivity contribution in [3.63, 3.8) is 0 Å². The summed E-state index contributed by atoms with van der Waals surface area (Å²) in [4.78, 5) is 40.9. The third-order valence-corrected chi connectivity index (χ3v) is 7.00. The first-order chi connectivity index (χ1) is 14.3. The average molecular weight is 480 g/mol. The zero-order valence-corrected chi connectivity index (χ0v) is 18.5. The minimum Gasteiger partial charge on any atom is -0.395 e. The largest absolute Gasteiger partial charge is 0.395 e. The Kier molecular flexibility index (Phi) is 5.63. The Morgan fingerprint density at radius 2 is 2.00 bits per heavy atom. The molecule has 0 aromatic heterocycles. The molecule has 3 aliphatic heterocycles. The lowest BCUT2D eigenvalue weighted by Gasteiger charge is -2.34. The van der Waals surface area contributed by atoms with Crippen molar-refractivity contribution in [1.29, 1.82) is 0 Å². The predicted octanol–water partition coefficient (Wildman–Crippen LogP) is 0.890. The summed E-state index contributed by atoms with van der Waals surface area (Å²) in [6, 6.07) is 8.04. The number of hydrogen-bond acceptors (Lipinski definition) is 5. The number of anilines is 1. The topological polar surface area (TPSA) is 108 Å². The number of ether oxygens (including phenoxy) is 1. The molecule has 0 saturated carbocycles. The van der Waals surface area contributed by atoms with Gasteiger partial charge in [0.05, 0.1) is 24.5 Å². The van der Waals surface area contributed by atoms with Crippen molar-refractivity contribution >= 4 is 39.3 Å². The van der Waals surface area contributed by atoms with Crippen molar-refractivity contribution < 1.29 is 24.2 Å². The first kappa shape index (κ1) is 21.3. The molecule has 4 rings (SSSR count). The highest BCUT2D eigenvalue weighted by Gasteiger charge is 2.76. The van der Waals surface area contributed by atoms with E-state index in [1.165, 1.54) is 4.90 Å². The van der Waals surface area contributed by atoms with Crippen LogP contribution in [0, 0.1) is 11.8 Å². The molecule has 1 spiro atoms. The van der Waals surface area contributed by atoms with Crippen molar-refractivity contribution in [1.82, 2.24) is 10.2 Å². The molecule has 6 atom stereocenters. The fourth-order valence-corrected chi connectivity index (χ4v) is 6.13. The quantitative estimate of drug-likeness (QED) is 0.525. The highest BCUT2D eigenvalue weighted by molar-refractivity contribution is 9.09. The number of benzene rings is 1. The van der Waals surface area contributed by atoms with Crippen LogP contribution in [0.2, 0.25) is 0 Å². The summed E-state index contributed by atoms with van der Waals surface area (Å²) in [7, 11) is 0. The van der Waals surface area contributed by atoms with Crippen molar-refractivity contribution in [3.05, 3.63) is 30.3 Å². The number of para-hydroxylation sites is 1. The van der Waals surface area contributed by atoms with E-state index in [9.17, 15) is 19.5 Å².